The van der Waals surface area contributed by atoms with Gasteiger partial charge in [-0.15, -0.1) is 0 Å². The van der Waals surface area contributed by atoms with Crippen LogP contribution in [0.5, 0.6) is 0 Å². The smallest absolute Gasteiger partial charge is 0.129 e. The Bertz CT molecular complexity index is 231. The summed E-state index contributed by atoms with van der Waals surface area (Å²) >= 11 is 0. The van der Waals surface area contributed by atoms with Crippen LogP contribution >= 0.6 is 0 Å². The fourth-order valence-corrected chi connectivity index (χ4v) is 0.750. The van der Waals surface area contributed by atoms with E-state index in [1.165, 1.54) is 0 Å². The van der Waals surface area contributed by atoms with Gasteiger partial charge in [-0.3, -0.25) is 5.41 Å². The van der Waals surface area contributed by atoms with E-state index in [1.807, 2.05) is 12.1 Å². The molecular weight excluding hydrogens is 156 g/mol. The Morgan fingerprint density at radius 3 is 3.08 bits per heavy atom. The van der Waals surface area contributed by atoms with Gasteiger partial charge in [-0.25, -0.2) is 0 Å². The van der Waals surface area contributed by atoms with Crippen molar-refractivity contribution in [3.05, 3.63) is 24.2 Å². The van der Waals surface area contributed by atoms with Crippen LogP contribution in [0.3, 0.4) is 0 Å². The highest BCUT2D eigenvalue weighted by molar-refractivity contribution is 5.76. The van der Waals surface area contributed by atoms with Gasteiger partial charge in [-0.1, -0.05) is 0 Å². The normalized spacial score (nSPS) is 10.0. The molecule has 4 nitrogen and oxygen atoms in total. The summed E-state index contributed by atoms with van der Waals surface area (Å²) in [7, 11) is 0. The molecule has 0 bridgehead atoms. The van der Waals surface area contributed by atoms with Crippen LogP contribution in [0.15, 0.2) is 22.8 Å². The summed E-state index contributed by atoms with van der Waals surface area (Å²) in [6.45, 7) is 0.913. The third-order valence-corrected chi connectivity index (χ3v) is 1.34. The number of nitrogens with two attached hydrogens (primary N) is 1. The van der Waals surface area contributed by atoms with Crippen LogP contribution in [0.2, 0.25) is 0 Å². The number of hydrogen-bond donors (Lipinski definition) is 2. The van der Waals surface area contributed by atoms with Crippen molar-refractivity contribution in [3.63, 3.8) is 0 Å². The van der Waals surface area contributed by atoms with Crippen molar-refractivity contribution in [2.45, 2.75) is 13.0 Å². The number of furan rings is 1. The molecule has 0 amide bonds. The molecule has 4 heteroatoms. The van der Waals surface area contributed by atoms with E-state index in [2.05, 4.69) is 0 Å². The highest BCUT2D eigenvalue weighted by Gasteiger charge is 1.95. The molecule has 1 aromatic heterocycles. The molecule has 0 saturated heterocycles. The second kappa shape index (κ2) is 4.56. The Balaban J connectivity index is 2.07. The van der Waals surface area contributed by atoms with Gasteiger partial charge in [0.15, 0.2) is 0 Å². The van der Waals surface area contributed by atoms with Gasteiger partial charge in [0, 0.05) is 6.42 Å². The average molecular weight is 168 g/mol. The van der Waals surface area contributed by atoms with Crippen molar-refractivity contribution >= 4 is 5.84 Å². The van der Waals surface area contributed by atoms with Crippen LogP contribution in [0.25, 0.3) is 0 Å². The lowest BCUT2D eigenvalue weighted by molar-refractivity contribution is 0.112. The summed E-state index contributed by atoms with van der Waals surface area (Å²) in [5.74, 6) is 0.938. The third-order valence-electron chi connectivity index (χ3n) is 1.34. The Kier molecular flexibility index (Phi) is 3.35. The topological polar surface area (TPSA) is 72.2 Å². The van der Waals surface area contributed by atoms with Gasteiger partial charge in [0.2, 0.25) is 0 Å². The quantitative estimate of drug-likeness (QED) is 0.393. The van der Waals surface area contributed by atoms with Crippen LogP contribution < -0.4 is 5.73 Å². The predicted octanol–water partition coefficient (Wildman–Crippen LogP) is 1.12. The molecule has 12 heavy (non-hydrogen) atoms. The fraction of sp³-hybridized carbons (Fsp3) is 0.375. The molecule has 0 atom stereocenters. The van der Waals surface area contributed by atoms with Gasteiger partial charge >= 0.3 is 0 Å². The maximum Gasteiger partial charge on any atom is 0.129 e. The summed E-state index contributed by atoms with van der Waals surface area (Å²) in [4.78, 5) is 0. The first kappa shape index (κ1) is 8.80. The number of rotatable bonds is 5. The standard InChI is InChI=1S/C8H12N2O2/c9-8(10)3-5-11-6-7-2-1-4-12-7/h1-2,4H,3,5-6H2,(H3,9,10). The van der Waals surface area contributed by atoms with Gasteiger partial charge < -0.3 is 14.9 Å². The van der Waals surface area contributed by atoms with E-state index in [-0.39, 0.29) is 5.84 Å². The summed E-state index contributed by atoms with van der Waals surface area (Å²) in [5, 5.41) is 6.92. The minimum Gasteiger partial charge on any atom is -0.467 e. The van der Waals surface area contributed by atoms with Crippen molar-refractivity contribution in [1.82, 2.24) is 0 Å². The molecule has 3 N–H and O–H groups in total. The third kappa shape index (κ3) is 3.21. The molecule has 0 aliphatic heterocycles. The van der Waals surface area contributed by atoms with Gasteiger partial charge in [0.05, 0.1) is 18.7 Å². The highest BCUT2D eigenvalue weighted by Crippen LogP contribution is 2.01. The number of amidine groups is 1. The molecular formula is C8H12N2O2. The molecule has 0 fully saturated rings. The molecule has 0 radical (unpaired) electrons. The minimum absolute atomic E-state index is 0.148. The zero-order chi connectivity index (χ0) is 8.81. The summed E-state index contributed by atoms with van der Waals surface area (Å²) < 4.78 is 10.2. The molecule has 1 aromatic rings. The second-order valence-electron chi connectivity index (χ2n) is 2.41. The Morgan fingerprint density at radius 2 is 2.50 bits per heavy atom. The van der Waals surface area contributed by atoms with E-state index in [4.69, 9.17) is 20.3 Å². The summed E-state index contributed by atoms with van der Waals surface area (Å²) in [6.07, 6.45) is 2.07. The zero-order valence-corrected chi connectivity index (χ0v) is 6.75. The lowest BCUT2D eigenvalue weighted by Gasteiger charge is -1.99. The molecule has 0 aliphatic carbocycles. The van der Waals surface area contributed by atoms with Crippen molar-refractivity contribution in [2.24, 2.45) is 5.73 Å². The molecule has 1 heterocycles. The Hall–Kier alpha value is -1.29. The molecule has 1 rings (SSSR count). The SMILES string of the molecule is N=C(N)CCOCc1ccco1. The molecule has 0 unspecified atom stereocenters. The van der Waals surface area contributed by atoms with E-state index in [1.54, 1.807) is 6.26 Å². The van der Waals surface area contributed by atoms with E-state index in [9.17, 15) is 0 Å². The number of ether oxygens (including phenoxy) is 1. The predicted molar refractivity (Wildman–Crippen MR) is 44.9 cm³/mol. The maximum absolute atomic E-state index is 6.92. The summed E-state index contributed by atoms with van der Waals surface area (Å²) in [5.41, 5.74) is 5.13. The van der Waals surface area contributed by atoms with Gasteiger partial charge in [-0.05, 0) is 12.1 Å². The van der Waals surface area contributed by atoms with E-state index in [0.29, 0.717) is 19.6 Å². The van der Waals surface area contributed by atoms with Gasteiger partial charge in [-0.2, -0.15) is 0 Å². The zero-order valence-electron chi connectivity index (χ0n) is 6.75. The van der Waals surface area contributed by atoms with Crippen LogP contribution in [-0.2, 0) is 11.3 Å². The van der Waals surface area contributed by atoms with Crippen LogP contribution in [0.1, 0.15) is 12.2 Å². The van der Waals surface area contributed by atoms with Crippen molar-refractivity contribution < 1.29 is 9.15 Å². The first-order chi connectivity index (χ1) is 5.79. The van der Waals surface area contributed by atoms with E-state index >= 15 is 0 Å². The van der Waals surface area contributed by atoms with Crippen LogP contribution in [0.4, 0.5) is 0 Å². The van der Waals surface area contributed by atoms with E-state index in [0.717, 1.165) is 5.76 Å². The monoisotopic (exact) mass is 168 g/mol. The molecule has 0 aromatic carbocycles. The molecule has 0 aliphatic rings. The van der Waals surface area contributed by atoms with Gasteiger partial charge in [0.1, 0.15) is 12.4 Å². The van der Waals surface area contributed by atoms with Crippen molar-refractivity contribution in [3.8, 4) is 0 Å². The minimum atomic E-state index is 0.148. The van der Waals surface area contributed by atoms with Crippen molar-refractivity contribution in [2.75, 3.05) is 6.61 Å². The second-order valence-corrected chi connectivity index (χ2v) is 2.41. The largest absolute Gasteiger partial charge is 0.467 e. The maximum atomic E-state index is 6.92. The number of hydrogen-bond acceptors (Lipinski definition) is 3. The molecule has 0 saturated carbocycles. The van der Waals surface area contributed by atoms with Crippen molar-refractivity contribution in [1.29, 1.82) is 5.41 Å². The fourth-order valence-electron chi connectivity index (χ4n) is 0.750. The molecule has 0 spiro atoms. The van der Waals surface area contributed by atoms with Crippen LogP contribution in [0, 0.1) is 5.41 Å². The highest BCUT2D eigenvalue weighted by atomic mass is 16.5. The lowest BCUT2D eigenvalue weighted by atomic mass is 10.4. The van der Waals surface area contributed by atoms with E-state index < -0.39 is 0 Å². The van der Waals surface area contributed by atoms with Gasteiger partial charge in [0.25, 0.3) is 0 Å². The molecule has 66 valence electrons. The lowest BCUT2D eigenvalue weighted by Crippen LogP contribution is -2.12. The first-order valence-corrected chi connectivity index (χ1v) is 3.72. The Morgan fingerprint density at radius 1 is 1.67 bits per heavy atom. The number of nitrogens with one attached hydrogen (secondary N) is 1. The summed E-state index contributed by atoms with van der Waals surface area (Å²) in [6, 6.07) is 3.65. The average Bonchev–Trinajstić information content (AvgIpc) is 2.49. The first-order valence-electron chi connectivity index (χ1n) is 3.72. The van der Waals surface area contributed by atoms with Crippen LogP contribution in [-0.4, -0.2) is 12.4 Å². The Labute approximate surface area is 70.8 Å².